The van der Waals surface area contributed by atoms with Gasteiger partial charge in [-0.15, -0.1) is 0 Å². The Morgan fingerprint density at radius 2 is 2.17 bits per heavy atom. The highest BCUT2D eigenvalue weighted by Gasteiger charge is 2.42. The van der Waals surface area contributed by atoms with E-state index in [0.717, 1.165) is 0 Å². The zero-order chi connectivity index (χ0) is 8.60. The molecule has 2 heteroatoms. The molecule has 1 aromatic carbocycles. The molecule has 0 amide bonds. The molecule has 12 heavy (non-hydrogen) atoms. The largest absolute Gasteiger partial charge is 0.508 e. The van der Waals surface area contributed by atoms with Crippen LogP contribution in [0.2, 0.25) is 0 Å². The lowest BCUT2D eigenvalue weighted by atomic mass is 10.1. The van der Waals surface area contributed by atoms with Crippen molar-refractivity contribution in [3.63, 3.8) is 0 Å². The first-order valence-corrected chi connectivity index (χ1v) is 4.25. The van der Waals surface area contributed by atoms with Crippen molar-refractivity contribution in [3.05, 3.63) is 29.8 Å². The molecule has 0 aliphatic heterocycles. The van der Waals surface area contributed by atoms with Gasteiger partial charge in [-0.3, -0.25) is 0 Å². The second-order valence-electron chi connectivity index (χ2n) is 3.38. The summed E-state index contributed by atoms with van der Waals surface area (Å²) in [5.41, 5.74) is 1.36. The molecule has 0 heterocycles. The molecule has 0 saturated heterocycles. The third-order valence-electron chi connectivity index (χ3n) is 2.63. The molecule has 1 aliphatic rings. The van der Waals surface area contributed by atoms with Gasteiger partial charge < -0.3 is 10.4 Å². The van der Waals surface area contributed by atoms with E-state index in [-0.39, 0.29) is 5.54 Å². The molecule has 0 aromatic heterocycles. The van der Waals surface area contributed by atoms with Crippen LogP contribution in [0.3, 0.4) is 0 Å². The summed E-state index contributed by atoms with van der Waals surface area (Å²) < 4.78 is 0. The smallest absolute Gasteiger partial charge is 0.115 e. The van der Waals surface area contributed by atoms with Gasteiger partial charge in [0.1, 0.15) is 5.75 Å². The molecule has 2 rings (SSSR count). The van der Waals surface area contributed by atoms with Crippen molar-refractivity contribution in [2.24, 2.45) is 0 Å². The highest BCUT2D eigenvalue weighted by atomic mass is 16.3. The second kappa shape index (κ2) is 2.49. The lowest BCUT2D eigenvalue weighted by molar-refractivity contribution is 0.471. The first kappa shape index (κ1) is 7.62. The highest BCUT2D eigenvalue weighted by Crippen LogP contribution is 2.45. The van der Waals surface area contributed by atoms with E-state index in [2.05, 4.69) is 11.4 Å². The van der Waals surface area contributed by atoms with Gasteiger partial charge in [-0.25, -0.2) is 0 Å². The molecule has 0 radical (unpaired) electrons. The maximum atomic E-state index is 9.27. The maximum Gasteiger partial charge on any atom is 0.115 e. The van der Waals surface area contributed by atoms with Crippen LogP contribution in [0.4, 0.5) is 0 Å². The van der Waals surface area contributed by atoms with E-state index in [0.29, 0.717) is 5.75 Å². The highest BCUT2D eigenvalue weighted by molar-refractivity contribution is 5.35. The number of aromatic hydroxyl groups is 1. The van der Waals surface area contributed by atoms with Crippen LogP contribution in [0.25, 0.3) is 0 Å². The summed E-state index contributed by atoms with van der Waals surface area (Å²) >= 11 is 0. The molecule has 2 nitrogen and oxygen atoms in total. The summed E-state index contributed by atoms with van der Waals surface area (Å²) in [6, 6.07) is 7.49. The third kappa shape index (κ3) is 1.08. The number of phenols is 1. The fraction of sp³-hybridized carbons (Fsp3) is 0.400. The van der Waals surface area contributed by atoms with Crippen LogP contribution >= 0.6 is 0 Å². The number of hydrogen-bond acceptors (Lipinski definition) is 2. The zero-order valence-corrected chi connectivity index (χ0v) is 7.17. The first-order valence-electron chi connectivity index (χ1n) is 4.25. The average Bonchev–Trinajstić information content (AvgIpc) is 2.84. The Hall–Kier alpha value is -1.02. The molecule has 0 atom stereocenters. The van der Waals surface area contributed by atoms with Gasteiger partial charge >= 0.3 is 0 Å². The molecular weight excluding hydrogens is 150 g/mol. The van der Waals surface area contributed by atoms with Gasteiger partial charge in [0.25, 0.3) is 0 Å². The standard InChI is InChI=1S/C10H13NO/c1-11-10(5-6-10)8-3-2-4-9(12)7-8/h2-4,7,11-12H,5-6H2,1H3. The van der Waals surface area contributed by atoms with Crippen molar-refractivity contribution in [1.29, 1.82) is 0 Å². The van der Waals surface area contributed by atoms with E-state index in [1.54, 1.807) is 6.07 Å². The van der Waals surface area contributed by atoms with Crippen LogP contribution in [0.1, 0.15) is 18.4 Å². The van der Waals surface area contributed by atoms with Gasteiger partial charge in [-0.05, 0) is 37.6 Å². The van der Waals surface area contributed by atoms with E-state index in [1.165, 1.54) is 18.4 Å². The lowest BCUT2D eigenvalue weighted by Gasteiger charge is -2.14. The van der Waals surface area contributed by atoms with E-state index in [9.17, 15) is 5.11 Å². The molecule has 1 aliphatic carbocycles. The molecule has 0 bridgehead atoms. The van der Waals surface area contributed by atoms with Crippen LogP contribution in [0, 0.1) is 0 Å². The Labute approximate surface area is 72.2 Å². The number of nitrogens with one attached hydrogen (secondary N) is 1. The summed E-state index contributed by atoms with van der Waals surface area (Å²) in [5.74, 6) is 0.356. The van der Waals surface area contributed by atoms with Crippen LogP contribution in [0.15, 0.2) is 24.3 Å². The van der Waals surface area contributed by atoms with Crippen LogP contribution in [-0.2, 0) is 5.54 Å². The number of hydrogen-bond donors (Lipinski definition) is 2. The van der Waals surface area contributed by atoms with Crippen LogP contribution < -0.4 is 5.32 Å². The summed E-state index contributed by atoms with van der Waals surface area (Å²) in [6.07, 6.45) is 2.35. The topological polar surface area (TPSA) is 32.3 Å². The van der Waals surface area contributed by atoms with Crippen molar-refractivity contribution in [2.45, 2.75) is 18.4 Å². The quantitative estimate of drug-likeness (QED) is 0.694. The summed E-state index contributed by atoms with van der Waals surface area (Å²) in [7, 11) is 1.97. The van der Waals surface area contributed by atoms with Gasteiger partial charge in [0.15, 0.2) is 0 Å². The van der Waals surface area contributed by atoms with Crippen molar-refractivity contribution < 1.29 is 5.11 Å². The van der Waals surface area contributed by atoms with Gasteiger partial charge in [-0.2, -0.15) is 0 Å². The van der Waals surface area contributed by atoms with Crippen molar-refractivity contribution in [2.75, 3.05) is 7.05 Å². The molecule has 64 valence electrons. The maximum absolute atomic E-state index is 9.27. The van der Waals surface area contributed by atoms with E-state index < -0.39 is 0 Å². The Morgan fingerprint density at radius 1 is 1.42 bits per heavy atom. The van der Waals surface area contributed by atoms with E-state index >= 15 is 0 Å². The van der Waals surface area contributed by atoms with Gasteiger partial charge in [-0.1, -0.05) is 12.1 Å². The molecule has 2 N–H and O–H groups in total. The molecule has 1 aromatic rings. The summed E-state index contributed by atoms with van der Waals surface area (Å²) in [6.45, 7) is 0. The summed E-state index contributed by atoms with van der Waals surface area (Å²) in [4.78, 5) is 0. The fourth-order valence-corrected chi connectivity index (χ4v) is 1.61. The molecule has 1 fully saturated rings. The van der Waals surface area contributed by atoms with Crippen LogP contribution in [-0.4, -0.2) is 12.2 Å². The fourth-order valence-electron chi connectivity index (χ4n) is 1.61. The number of rotatable bonds is 2. The van der Waals surface area contributed by atoms with E-state index in [1.807, 2.05) is 19.2 Å². The predicted octanol–water partition coefficient (Wildman–Crippen LogP) is 1.60. The Balaban J connectivity index is 2.34. The Morgan fingerprint density at radius 3 is 2.67 bits per heavy atom. The monoisotopic (exact) mass is 163 g/mol. The Kier molecular flexibility index (Phi) is 1.58. The first-order chi connectivity index (χ1) is 5.77. The minimum absolute atomic E-state index is 0.165. The van der Waals surface area contributed by atoms with Gasteiger partial charge in [0.2, 0.25) is 0 Å². The van der Waals surface area contributed by atoms with Gasteiger partial charge in [0, 0.05) is 5.54 Å². The molecular formula is C10H13NO. The van der Waals surface area contributed by atoms with Crippen LogP contribution in [0.5, 0.6) is 5.75 Å². The second-order valence-corrected chi connectivity index (χ2v) is 3.38. The SMILES string of the molecule is CNC1(c2cccc(O)c2)CC1. The average molecular weight is 163 g/mol. The Bertz CT molecular complexity index is 292. The predicted molar refractivity (Wildman–Crippen MR) is 48.1 cm³/mol. The molecule has 0 spiro atoms. The molecule has 0 unspecified atom stereocenters. The third-order valence-corrected chi connectivity index (χ3v) is 2.63. The number of benzene rings is 1. The number of phenolic OH excluding ortho intramolecular Hbond substituents is 1. The van der Waals surface area contributed by atoms with Gasteiger partial charge in [0.05, 0.1) is 0 Å². The van der Waals surface area contributed by atoms with Crippen molar-refractivity contribution in [1.82, 2.24) is 5.32 Å². The summed E-state index contributed by atoms with van der Waals surface area (Å²) in [5, 5.41) is 12.6. The minimum Gasteiger partial charge on any atom is -0.508 e. The van der Waals surface area contributed by atoms with E-state index in [4.69, 9.17) is 0 Å². The zero-order valence-electron chi connectivity index (χ0n) is 7.17. The van der Waals surface area contributed by atoms with Crippen molar-refractivity contribution >= 4 is 0 Å². The lowest BCUT2D eigenvalue weighted by Crippen LogP contribution is -2.24. The minimum atomic E-state index is 0.165. The normalized spacial score (nSPS) is 19.1. The molecule has 1 saturated carbocycles. The van der Waals surface area contributed by atoms with Crippen molar-refractivity contribution in [3.8, 4) is 5.75 Å².